The third-order valence-electron chi connectivity index (χ3n) is 4.84. The number of carbonyl (C=O) groups excluding carboxylic acids is 1. The highest BCUT2D eigenvalue weighted by atomic mass is 127. The Bertz CT molecular complexity index is 883. The number of urea groups is 1. The van der Waals surface area contributed by atoms with E-state index in [1.165, 1.54) is 0 Å². The molecule has 3 N–H and O–H groups in total. The number of benzene rings is 1. The Hall–Kier alpha value is -2.34. The highest BCUT2D eigenvalue weighted by Crippen LogP contribution is 2.21. The number of anilines is 1. The molecule has 9 nitrogen and oxygen atoms in total. The van der Waals surface area contributed by atoms with Gasteiger partial charge in [0.2, 0.25) is 0 Å². The van der Waals surface area contributed by atoms with E-state index in [4.69, 9.17) is 9.73 Å². The molecule has 1 fully saturated rings. The first kappa shape index (κ1) is 25.9. The van der Waals surface area contributed by atoms with Gasteiger partial charge in [0.15, 0.2) is 5.96 Å². The molecule has 3 rings (SSSR count). The third kappa shape index (κ3) is 7.66. The van der Waals surface area contributed by atoms with Gasteiger partial charge in [-0.25, -0.2) is 9.79 Å². The average Bonchev–Trinajstić information content (AvgIpc) is 3.18. The van der Waals surface area contributed by atoms with Crippen molar-refractivity contribution in [1.29, 1.82) is 0 Å². The molecule has 0 radical (unpaired) electrons. The van der Waals surface area contributed by atoms with E-state index in [-0.39, 0.29) is 42.2 Å². The Kier molecular flexibility index (Phi) is 10.2. The van der Waals surface area contributed by atoms with Crippen LogP contribution in [0.3, 0.4) is 0 Å². The molecular formula is C22H34IN7O2. The number of carbonyl (C=O) groups is 1. The zero-order valence-corrected chi connectivity index (χ0v) is 21.5. The first-order valence-corrected chi connectivity index (χ1v) is 10.7. The van der Waals surface area contributed by atoms with Gasteiger partial charge in [-0.15, -0.1) is 24.0 Å². The number of hydrogen-bond donors (Lipinski definition) is 3. The predicted octanol–water partition coefficient (Wildman–Crippen LogP) is 3.11. The van der Waals surface area contributed by atoms with Crippen molar-refractivity contribution in [2.45, 2.75) is 39.5 Å². The fourth-order valence-electron chi connectivity index (χ4n) is 3.36. The van der Waals surface area contributed by atoms with Crippen molar-refractivity contribution >= 4 is 41.7 Å². The summed E-state index contributed by atoms with van der Waals surface area (Å²) in [6.07, 6.45) is 3.83. The first-order chi connectivity index (χ1) is 14.9. The zero-order valence-electron chi connectivity index (χ0n) is 19.2. The normalized spacial score (nSPS) is 16.5. The lowest BCUT2D eigenvalue weighted by atomic mass is 10.1. The Morgan fingerprint density at radius 2 is 2.06 bits per heavy atom. The summed E-state index contributed by atoms with van der Waals surface area (Å²) in [7, 11) is 1.91. The molecule has 32 heavy (non-hydrogen) atoms. The monoisotopic (exact) mass is 555 g/mol. The predicted molar refractivity (Wildman–Crippen MR) is 137 cm³/mol. The van der Waals surface area contributed by atoms with E-state index in [0.717, 1.165) is 42.4 Å². The van der Waals surface area contributed by atoms with Gasteiger partial charge >= 0.3 is 6.03 Å². The van der Waals surface area contributed by atoms with Crippen molar-refractivity contribution in [3.05, 3.63) is 47.8 Å². The van der Waals surface area contributed by atoms with Gasteiger partial charge in [-0.1, -0.05) is 12.1 Å². The second-order valence-corrected chi connectivity index (χ2v) is 7.87. The van der Waals surface area contributed by atoms with Crippen molar-refractivity contribution in [3.8, 4) is 0 Å². The van der Waals surface area contributed by atoms with Crippen LogP contribution in [0.2, 0.25) is 0 Å². The van der Waals surface area contributed by atoms with Crippen LogP contribution in [-0.2, 0) is 18.3 Å². The Morgan fingerprint density at radius 3 is 2.69 bits per heavy atom. The number of nitrogens with zero attached hydrogens (tertiary/aromatic N) is 4. The lowest BCUT2D eigenvalue weighted by Crippen LogP contribution is -2.48. The standard InChI is InChI=1S/C22H33N7O2.HI/c1-5-23-21(29-10-11-31-20(15-29)18-13-25-28(4)14-18)24-12-17-6-8-19(9-7-17)27-22(30)26-16(2)3;/h6-9,13-14,16,20H,5,10-12,15H2,1-4H3,(H,23,24)(H2,26,27,30);1H. The van der Waals surface area contributed by atoms with Crippen LogP contribution < -0.4 is 16.0 Å². The lowest BCUT2D eigenvalue weighted by molar-refractivity contribution is -0.00805. The molecular weight excluding hydrogens is 521 g/mol. The van der Waals surface area contributed by atoms with E-state index < -0.39 is 0 Å². The molecule has 1 saturated heterocycles. The summed E-state index contributed by atoms with van der Waals surface area (Å²) in [4.78, 5) is 18.9. The number of amides is 2. The molecule has 2 heterocycles. The van der Waals surface area contributed by atoms with Gasteiger partial charge in [-0.05, 0) is 38.5 Å². The lowest BCUT2D eigenvalue weighted by Gasteiger charge is -2.34. The highest BCUT2D eigenvalue weighted by molar-refractivity contribution is 14.0. The fourth-order valence-corrected chi connectivity index (χ4v) is 3.36. The molecule has 0 spiro atoms. The van der Waals surface area contributed by atoms with Gasteiger partial charge in [0.1, 0.15) is 6.10 Å². The van der Waals surface area contributed by atoms with Crippen molar-refractivity contribution < 1.29 is 9.53 Å². The third-order valence-corrected chi connectivity index (χ3v) is 4.84. The van der Waals surface area contributed by atoms with E-state index in [2.05, 4.69) is 32.9 Å². The van der Waals surface area contributed by atoms with Gasteiger partial charge in [0.05, 0.1) is 25.9 Å². The topological polar surface area (TPSA) is 95.8 Å². The van der Waals surface area contributed by atoms with Crippen LogP contribution in [0, 0.1) is 0 Å². The number of aryl methyl sites for hydroxylation is 1. The van der Waals surface area contributed by atoms with Gasteiger partial charge in [-0.2, -0.15) is 5.10 Å². The maximum absolute atomic E-state index is 11.8. The van der Waals surface area contributed by atoms with E-state index in [1.807, 2.05) is 57.6 Å². The van der Waals surface area contributed by atoms with Crippen molar-refractivity contribution in [2.24, 2.45) is 12.0 Å². The van der Waals surface area contributed by atoms with Crippen LogP contribution >= 0.6 is 24.0 Å². The molecule has 0 aliphatic carbocycles. The number of guanidine groups is 1. The fraction of sp³-hybridized carbons (Fsp3) is 0.500. The van der Waals surface area contributed by atoms with Crippen molar-refractivity contribution in [3.63, 3.8) is 0 Å². The van der Waals surface area contributed by atoms with Gasteiger partial charge in [0.25, 0.3) is 0 Å². The van der Waals surface area contributed by atoms with E-state index >= 15 is 0 Å². The number of rotatable bonds is 6. The van der Waals surface area contributed by atoms with E-state index in [9.17, 15) is 4.79 Å². The van der Waals surface area contributed by atoms with Gasteiger partial charge in [-0.3, -0.25) is 4.68 Å². The number of nitrogens with one attached hydrogen (secondary N) is 3. The minimum absolute atomic E-state index is 0. The smallest absolute Gasteiger partial charge is 0.319 e. The molecule has 0 bridgehead atoms. The molecule has 2 aromatic rings. The summed E-state index contributed by atoms with van der Waals surface area (Å²) in [6.45, 7) is 9.42. The summed E-state index contributed by atoms with van der Waals surface area (Å²) in [5.74, 6) is 0.873. The average molecular weight is 555 g/mol. The summed E-state index contributed by atoms with van der Waals surface area (Å²) in [5, 5.41) is 13.3. The Balaban J connectivity index is 0.00000363. The highest BCUT2D eigenvalue weighted by Gasteiger charge is 2.25. The number of hydrogen-bond acceptors (Lipinski definition) is 4. The molecule has 1 aromatic carbocycles. The Morgan fingerprint density at radius 1 is 1.31 bits per heavy atom. The van der Waals surface area contributed by atoms with E-state index in [0.29, 0.717) is 13.2 Å². The minimum atomic E-state index is -0.203. The number of morpholine rings is 1. The molecule has 10 heteroatoms. The second-order valence-electron chi connectivity index (χ2n) is 7.87. The molecule has 1 aliphatic heterocycles. The first-order valence-electron chi connectivity index (χ1n) is 10.7. The minimum Gasteiger partial charge on any atom is -0.370 e. The summed E-state index contributed by atoms with van der Waals surface area (Å²) < 4.78 is 7.74. The van der Waals surface area contributed by atoms with Crippen LogP contribution in [0.5, 0.6) is 0 Å². The quantitative estimate of drug-likeness (QED) is 0.289. The summed E-state index contributed by atoms with van der Waals surface area (Å²) in [5.41, 5.74) is 2.90. The zero-order chi connectivity index (χ0) is 22.2. The maximum Gasteiger partial charge on any atom is 0.319 e. The molecule has 1 atom stereocenters. The SMILES string of the molecule is CCNC(=NCc1ccc(NC(=O)NC(C)C)cc1)N1CCOC(c2cnn(C)c2)C1.I. The number of aliphatic imine (C=N–C) groups is 1. The van der Waals surface area contributed by atoms with Crippen LogP contribution in [0.25, 0.3) is 0 Å². The second kappa shape index (κ2) is 12.6. The van der Waals surface area contributed by atoms with Crippen LogP contribution in [0.4, 0.5) is 10.5 Å². The number of ether oxygens (including phenoxy) is 1. The maximum atomic E-state index is 11.8. The van der Waals surface area contributed by atoms with E-state index in [1.54, 1.807) is 4.68 Å². The van der Waals surface area contributed by atoms with Gasteiger partial charge in [0, 0.05) is 43.6 Å². The molecule has 1 unspecified atom stereocenters. The largest absolute Gasteiger partial charge is 0.370 e. The molecule has 1 aliphatic rings. The van der Waals surface area contributed by atoms with Crippen molar-refractivity contribution in [2.75, 3.05) is 31.6 Å². The van der Waals surface area contributed by atoms with Crippen molar-refractivity contribution in [1.82, 2.24) is 25.3 Å². The molecule has 176 valence electrons. The van der Waals surface area contributed by atoms with Gasteiger partial charge < -0.3 is 25.6 Å². The van der Waals surface area contributed by atoms with Crippen LogP contribution in [0.1, 0.15) is 38.0 Å². The van der Waals surface area contributed by atoms with Crippen LogP contribution in [-0.4, -0.2) is 59.0 Å². The number of halogens is 1. The van der Waals surface area contributed by atoms with Crippen LogP contribution in [0.15, 0.2) is 41.7 Å². The number of aromatic nitrogens is 2. The molecule has 1 aromatic heterocycles. The molecule has 2 amide bonds. The molecule has 0 saturated carbocycles. The summed E-state index contributed by atoms with van der Waals surface area (Å²) >= 11 is 0. The summed E-state index contributed by atoms with van der Waals surface area (Å²) in [6, 6.07) is 7.64. The Labute approximate surface area is 207 Å².